The molecule has 1 atom stereocenters. The molecule has 37 heavy (non-hydrogen) atoms. The molecule has 5 nitrogen and oxygen atoms in total. The summed E-state index contributed by atoms with van der Waals surface area (Å²) in [6.07, 6.45) is 6.66. The van der Waals surface area contributed by atoms with Crippen molar-refractivity contribution in [2.24, 2.45) is 16.3 Å². The molecule has 188 valence electrons. The zero-order chi connectivity index (χ0) is 26.2. The van der Waals surface area contributed by atoms with Crippen LogP contribution in [0.4, 0.5) is 10.7 Å². The van der Waals surface area contributed by atoms with Gasteiger partial charge in [-0.05, 0) is 66.5 Å². The van der Waals surface area contributed by atoms with Crippen LogP contribution in [0.25, 0.3) is 10.9 Å². The molecular formula is C30H29ClN4OS. The van der Waals surface area contributed by atoms with Crippen molar-refractivity contribution in [3.05, 3.63) is 81.3 Å². The molecule has 1 aliphatic rings. The number of thiophene rings is 1. The van der Waals surface area contributed by atoms with E-state index in [1.54, 1.807) is 23.5 Å². The van der Waals surface area contributed by atoms with Gasteiger partial charge in [0, 0.05) is 44.5 Å². The van der Waals surface area contributed by atoms with Gasteiger partial charge in [-0.2, -0.15) is 5.26 Å². The van der Waals surface area contributed by atoms with Crippen molar-refractivity contribution in [2.45, 2.75) is 46.6 Å². The van der Waals surface area contributed by atoms with Gasteiger partial charge in [0.15, 0.2) is 0 Å². The highest BCUT2D eigenvalue weighted by molar-refractivity contribution is 7.16. The van der Waals surface area contributed by atoms with E-state index in [-0.39, 0.29) is 17.9 Å². The van der Waals surface area contributed by atoms with Crippen molar-refractivity contribution in [3.8, 4) is 6.07 Å². The van der Waals surface area contributed by atoms with Gasteiger partial charge in [-0.1, -0.05) is 50.6 Å². The van der Waals surface area contributed by atoms with Crippen LogP contribution in [0.1, 0.15) is 53.6 Å². The Kier molecular flexibility index (Phi) is 6.94. The third-order valence-electron chi connectivity index (χ3n) is 7.18. The lowest BCUT2D eigenvalue weighted by molar-refractivity contribution is 0.102. The summed E-state index contributed by atoms with van der Waals surface area (Å²) in [7, 11) is 0. The van der Waals surface area contributed by atoms with Crippen LogP contribution < -0.4 is 5.32 Å². The van der Waals surface area contributed by atoms with E-state index in [1.807, 2.05) is 53.4 Å². The Balaban J connectivity index is 1.54. The summed E-state index contributed by atoms with van der Waals surface area (Å²) < 4.78 is 1.93. The first-order valence-corrected chi connectivity index (χ1v) is 13.6. The fraction of sp³-hybridized carbons (Fsp3) is 0.300. The number of carbonyl (C=O) groups excluding carboxylic acids is 1. The van der Waals surface area contributed by atoms with Gasteiger partial charge in [-0.3, -0.25) is 4.79 Å². The first-order chi connectivity index (χ1) is 17.7. The Bertz CT molecular complexity index is 1530. The van der Waals surface area contributed by atoms with E-state index in [0.717, 1.165) is 46.3 Å². The quantitative estimate of drug-likeness (QED) is 0.266. The van der Waals surface area contributed by atoms with E-state index in [4.69, 9.17) is 16.6 Å². The van der Waals surface area contributed by atoms with E-state index >= 15 is 0 Å². The summed E-state index contributed by atoms with van der Waals surface area (Å²) in [5.74, 6) is 0.416. The van der Waals surface area contributed by atoms with Crippen LogP contribution in [0.5, 0.6) is 0 Å². The fourth-order valence-electron chi connectivity index (χ4n) is 5.08. The molecule has 0 aliphatic heterocycles. The molecule has 0 fully saturated rings. The van der Waals surface area contributed by atoms with Gasteiger partial charge in [-0.15, -0.1) is 11.3 Å². The van der Waals surface area contributed by atoms with Gasteiger partial charge in [-0.25, -0.2) is 4.99 Å². The average Bonchev–Trinajstić information content (AvgIpc) is 3.41. The molecule has 2 aromatic heterocycles. The molecular weight excluding hydrogens is 500 g/mol. The number of halogens is 1. The van der Waals surface area contributed by atoms with Crippen molar-refractivity contribution in [3.63, 3.8) is 0 Å². The number of fused-ring (bicyclic) bond motifs is 2. The number of nitrogens with zero attached hydrogens (tertiary/aromatic N) is 3. The highest BCUT2D eigenvalue weighted by atomic mass is 35.5. The lowest BCUT2D eigenvalue weighted by atomic mass is 9.72. The maximum Gasteiger partial charge on any atom is 0.259 e. The molecule has 1 aliphatic carbocycles. The van der Waals surface area contributed by atoms with Crippen molar-refractivity contribution in [1.29, 1.82) is 5.26 Å². The van der Waals surface area contributed by atoms with Crippen LogP contribution in [-0.2, 0) is 19.4 Å². The molecule has 7 heteroatoms. The highest BCUT2D eigenvalue weighted by Gasteiger charge is 2.33. The highest BCUT2D eigenvalue weighted by Crippen LogP contribution is 2.45. The Morgan fingerprint density at radius 3 is 2.73 bits per heavy atom. The summed E-state index contributed by atoms with van der Waals surface area (Å²) in [6, 6.07) is 17.4. The number of nitrogens with one attached hydrogen (secondary N) is 1. The summed E-state index contributed by atoms with van der Waals surface area (Å²) in [6.45, 7) is 7.14. The van der Waals surface area contributed by atoms with Gasteiger partial charge in [0.2, 0.25) is 0 Å². The summed E-state index contributed by atoms with van der Waals surface area (Å²) >= 11 is 7.66. The fourth-order valence-corrected chi connectivity index (χ4v) is 6.47. The molecule has 4 aromatic rings. The van der Waals surface area contributed by atoms with E-state index in [1.165, 1.54) is 4.88 Å². The number of nitriles is 1. The molecule has 0 bridgehead atoms. The Morgan fingerprint density at radius 2 is 2.00 bits per heavy atom. The number of carbonyl (C=O) groups is 1. The molecule has 1 amide bonds. The molecule has 0 radical (unpaired) electrons. The van der Waals surface area contributed by atoms with E-state index < -0.39 is 0 Å². The van der Waals surface area contributed by atoms with Gasteiger partial charge in [0.1, 0.15) is 11.5 Å². The maximum atomic E-state index is 13.6. The van der Waals surface area contributed by atoms with Crippen LogP contribution in [-0.4, -0.2) is 16.7 Å². The predicted octanol–water partition coefficient (Wildman–Crippen LogP) is 8.03. The smallest absolute Gasteiger partial charge is 0.259 e. The van der Waals surface area contributed by atoms with Crippen molar-refractivity contribution >= 4 is 56.7 Å². The predicted molar refractivity (Wildman–Crippen MR) is 153 cm³/mol. The standard InChI is InChI=1S/C30H29ClN4OS/c1-30(2,3)20-8-13-24-26(16-20)37-29(27(24)28(36)34-22-11-9-21(31)10-12-22)33-17-19-18-35(15-14-32)25-7-5-4-6-23(19)25/h4-7,9-12,17-18,20H,8,13,15-16H2,1-3H3,(H,34,36)/t20-/m1/s1. The van der Waals surface area contributed by atoms with Gasteiger partial charge >= 0.3 is 0 Å². The molecule has 5 rings (SSSR count). The maximum absolute atomic E-state index is 13.6. The second-order valence-corrected chi connectivity index (χ2v) is 12.1. The molecule has 0 saturated carbocycles. The number of benzene rings is 2. The second-order valence-electron chi connectivity index (χ2n) is 10.6. The minimum atomic E-state index is -0.145. The van der Waals surface area contributed by atoms with Crippen LogP contribution in [0.15, 0.2) is 59.7 Å². The van der Waals surface area contributed by atoms with E-state index in [2.05, 4.69) is 32.2 Å². The van der Waals surface area contributed by atoms with Crippen molar-refractivity contribution in [1.82, 2.24) is 4.57 Å². The van der Waals surface area contributed by atoms with Gasteiger partial charge in [0.25, 0.3) is 5.91 Å². The molecule has 0 unspecified atom stereocenters. The Labute approximate surface area is 226 Å². The van der Waals surface area contributed by atoms with Gasteiger partial charge in [0.05, 0.1) is 11.6 Å². The first kappa shape index (κ1) is 25.3. The van der Waals surface area contributed by atoms with Crippen LogP contribution in [0.3, 0.4) is 0 Å². The molecule has 2 aromatic carbocycles. The molecule has 0 saturated heterocycles. The number of amides is 1. The van der Waals surface area contributed by atoms with Crippen molar-refractivity contribution in [2.75, 3.05) is 5.32 Å². The normalized spacial score (nSPS) is 15.6. The number of hydrogen-bond acceptors (Lipinski definition) is 4. The Hall–Kier alpha value is -3.40. The number of para-hydroxylation sites is 1. The van der Waals surface area contributed by atoms with Crippen LogP contribution >= 0.6 is 22.9 Å². The minimum Gasteiger partial charge on any atom is -0.333 e. The average molecular weight is 529 g/mol. The molecule has 2 heterocycles. The number of hydrogen-bond donors (Lipinski definition) is 1. The van der Waals surface area contributed by atoms with Crippen LogP contribution in [0.2, 0.25) is 5.02 Å². The number of aliphatic imine (C=N–C) groups is 1. The first-order valence-electron chi connectivity index (χ1n) is 12.4. The van der Waals surface area contributed by atoms with Gasteiger partial charge < -0.3 is 9.88 Å². The van der Waals surface area contributed by atoms with E-state index in [0.29, 0.717) is 22.2 Å². The summed E-state index contributed by atoms with van der Waals surface area (Å²) in [4.78, 5) is 19.7. The lowest BCUT2D eigenvalue weighted by Crippen LogP contribution is -2.27. The minimum absolute atomic E-state index is 0.145. The number of rotatable bonds is 5. The lowest BCUT2D eigenvalue weighted by Gasteiger charge is -2.33. The zero-order valence-electron chi connectivity index (χ0n) is 21.2. The second kappa shape index (κ2) is 10.2. The van der Waals surface area contributed by atoms with Crippen molar-refractivity contribution < 1.29 is 4.79 Å². The summed E-state index contributed by atoms with van der Waals surface area (Å²) in [5.41, 5.74) is 4.61. The van der Waals surface area contributed by atoms with E-state index in [9.17, 15) is 10.1 Å². The third-order valence-corrected chi connectivity index (χ3v) is 8.60. The SMILES string of the molecule is CC(C)(C)[C@@H]1CCc2c(sc(N=Cc3cn(CC#N)c4ccccc34)c2C(=O)Nc2ccc(Cl)cc2)C1. The third kappa shape index (κ3) is 5.20. The number of aromatic nitrogens is 1. The molecule has 1 N–H and O–H groups in total. The number of anilines is 1. The largest absolute Gasteiger partial charge is 0.333 e. The van der Waals surface area contributed by atoms with Crippen LogP contribution in [0, 0.1) is 22.7 Å². The Morgan fingerprint density at radius 1 is 1.24 bits per heavy atom. The zero-order valence-corrected chi connectivity index (χ0v) is 22.8. The monoisotopic (exact) mass is 528 g/mol. The molecule has 0 spiro atoms. The topological polar surface area (TPSA) is 70.2 Å². The summed E-state index contributed by atoms with van der Waals surface area (Å²) in [5, 5.41) is 14.7.